The lowest BCUT2D eigenvalue weighted by atomic mass is 10.0. The number of hydrogen-bond donors (Lipinski definition) is 1. The van der Waals surface area contributed by atoms with Gasteiger partial charge in [0.15, 0.2) is 0 Å². The topological polar surface area (TPSA) is 53.4 Å². The van der Waals surface area contributed by atoms with E-state index in [0.717, 1.165) is 53.2 Å². The monoisotopic (exact) mass is 426 g/mol. The lowest BCUT2D eigenvalue weighted by molar-refractivity contribution is 0.0724. The molecule has 3 heterocycles. The number of halogens is 1. The lowest BCUT2D eigenvalue weighted by Gasteiger charge is -2.26. The normalized spacial score (nSPS) is 14.2. The van der Waals surface area contributed by atoms with Gasteiger partial charge in [-0.15, -0.1) is 11.3 Å². The van der Waals surface area contributed by atoms with Crippen LogP contribution in [0.3, 0.4) is 0 Å². The minimum Gasteiger partial charge on any atom is -0.396 e. The fourth-order valence-electron chi connectivity index (χ4n) is 3.67. The average molecular weight is 427 g/mol. The zero-order valence-corrected chi connectivity index (χ0v) is 17.7. The first-order valence-electron chi connectivity index (χ1n) is 9.89. The molecule has 0 saturated carbocycles. The van der Waals surface area contributed by atoms with Gasteiger partial charge in [0.2, 0.25) is 0 Å². The summed E-state index contributed by atoms with van der Waals surface area (Å²) in [6.45, 7) is 1.75. The van der Waals surface area contributed by atoms with Gasteiger partial charge in [0.05, 0.1) is 0 Å². The highest BCUT2D eigenvalue weighted by molar-refractivity contribution is 7.14. The van der Waals surface area contributed by atoms with Gasteiger partial charge in [-0.05, 0) is 66.1 Å². The third-order valence-electron chi connectivity index (χ3n) is 5.24. The van der Waals surface area contributed by atoms with Crippen LogP contribution in [0.2, 0.25) is 5.02 Å². The van der Waals surface area contributed by atoms with Crippen molar-refractivity contribution in [3.05, 3.63) is 64.3 Å². The summed E-state index contributed by atoms with van der Waals surface area (Å²) in [7, 11) is 0. The first-order valence-corrected chi connectivity index (χ1v) is 11.2. The fraction of sp³-hybridized carbons (Fsp3) is 0.304. The number of likely N-dealkylation sites (tertiary alicyclic amines) is 1. The first kappa shape index (κ1) is 20.1. The van der Waals surface area contributed by atoms with E-state index in [2.05, 4.69) is 16.4 Å². The summed E-state index contributed by atoms with van der Waals surface area (Å²) >= 11 is 8.21. The quantitative estimate of drug-likeness (QED) is 0.602. The van der Waals surface area contributed by atoms with Gasteiger partial charge in [0, 0.05) is 59.0 Å². The molecule has 2 aromatic heterocycles. The molecule has 0 aliphatic carbocycles. The molecule has 0 radical (unpaired) electrons. The maximum Gasteiger partial charge on any atom is 0.253 e. The van der Waals surface area contributed by atoms with E-state index < -0.39 is 0 Å². The van der Waals surface area contributed by atoms with Crippen molar-refractivity contribution in [2.45, 2.75) is 25.7 Å². The third kappa shape index (κ3) is 4.53. The van der Waals surface area contributed by atoms with Gasteiger partial charge in [0.25, 0.3) is 5.91 Å². The molecule has 6 heteroatoms. The maximum atomic E-state index is 12.7. The first-order chi connectivity index (χ1) is 14.2. The number of benzene rings is 1. The second-order valence-electron chi connectivity index (χ2n) is 7.26. The SMILES string of the molecule is O=C(c1ccc(-c2csc(-c3ccnc(CCO)c3)c2)c(Cl)c1)N1CCCCC1. The van der Waals surface area contributed by atoms with E-state index in [0.29, 0.717) is 17.0 Å². The number of amides is 1. The molecule has 0 spiro atoms. The zero-order valence-electron chi connectivity index (χ0n) is 16.1. The molecule has 29 heavy (non-hydrogen) atoms. The minimum atomic E-state index is 0.0670. The molecule has 1 amide bonds. The van der Waals surface area contributed by atoms with Crippen LogP contribution in [0.4, 0.5) is 0 Å². The molecule has 1 aliphatic rings. The van der Waals surface area contributed by atoms with E-state index in [1.54, 1.807) is 23.6 Å². The van der Waals surface area contributed by atoms with Crippen molar-refractivity contribution in [3.8, 4) is 21.6 Å². The van der Waals surface area contributed by atoms with E-state index in [9.17, 15) is 4.79 Å². The Balaban J connectivity index is 1.56. The molecule has 150 valence electrons. The second kappa shape index (κ2) is 9.08. The maximum absolute atomic E-state index is 12.7. The van der Waals surface area contributed by atoms with Crippen molar-refractivity contribution in [2.24, 2.45) is 0 Å². The Labute approximate surface area is 179 Å². The Hall–Kier alpha value is -2.21. The summed E-state index contributed by atoms with van der Waals surface area (Å²) in [6.07, 6.45) is 5.66. The highest BCUT2D eigenvalue weighted by atomic mass is 35.5. The molecule has 0 unspecified atom stereocenters. The van der Waals surface area contributed by atoms with Gasteiger partial charge in [0.1, 0.15) is 0 Å². The summed E-state index contributed by atoms with van der Waals surface area (Å²) in [4.78, 5) is 20.0. The van der Waals surface area contributed by atoms with Gasteiger partial charge in [-0.3, -0.25) is 9.78 Å². The van der Waals surface area contributed by atoms with Crippen molar-refractivity contribution in [2.75, 3.05) is 19.7 Å². The van der Waals surface area contributed by atoms with Gasteiger partial charge in [-0.25, -0.2) is 0 Å². The van der Waals surface area contributed by atoms with E-state index in [-0.39, 0.29) is 12.5 Å². The molecular formula is C23H23ClN2O2S. The molecule has 1 aromatic carbocycles. The van der Waals surface area contributed by atoms with Crippen molar-refractivity contribution < 1.29 is 9.90 Å². The predicted molar refractivity (Wildman–Crippen MR) is 119 cm³/mol. The molecule has 4 rings (SSSR count). The summed E-state index contributed by atoms with van der Waals surface area (Å²) in [5, 5.41) is 11.8. The van der Waals surface area contributed by atoms with E-state index >= 15 is 0 Å². The van der Waals surface area contributed by atoms with E-state index in [1.807, 2.05) is 29.2 Å². The van der Waals surface area contributed by atoms with E-state index in [1.165, 1.54) is 6.42 Å². The summed E-state index contributed by atoms with van der Waals surface area (Å²) < 4.78 is 0. The second-order valence-corrected chi connectivity index (χ2v) is 8.58. The molecule has 1 N–H and O–H groups in total. The summed E-state index contributed by atoms with van der Waals surface area (Å²) in [6, 6.07) is 11.7. The number of piperidine rings is 1. The highest BCUT2D eigenvalue weighted by Gasteiger charge is 2.19. The Morgan fingerprint density at radius 2 is 1.93 bits per heavy atom. The fourth-order valence-corrected chi connectivity index (χ4v) is 4.87. The number of carbonyl (C=O) groups is 1. The average Bonchev–Trinajstić information content (AvgIpc) is 3.24. The standard InChI is InChI=1S/C23H23ClN2O2S/c24-21-13-17(23(28)26-9-2-1-3-10-26)4-5-20(21)18-14-22(29-15-18)16-6-8-25-19(12-16)7-11-27/h4-6,8,12-15,27H,1-3,7,9-11H2. The molecule has 1 saturated heterocycles. The van der Waals surface area contributed by atoms with Crippen molar-refractivity contribution in [1.29, 1.82) is 0 Å². The Morgan fingerprint density at radius 1 is 1.10 bits per heavy atom. The van der Waals surface area contributed by atoms with Crippen LogP contribution in [-0.2, 0) is 6.42 Å². The van der Waals surface area contributed by atoms with Gasteiger partial charge in [-0.1, -0.05) is 17.7 Å². The zero-order chi connectivity index (χ0) is 20.2. The van der Waals surface area contributed by atoms with Crippen LogP contribution >= 0.6 is 22.9 Å². The number of hydrogen-bond acceptors (Lipinski definition) is 4. The number of aromatic nitrogens is 1. The predicted octanol–water partition coefficient (Wildman–Crippen LogP) is 5.29. The minimum absolute atomic E-state index is 0.0670. The van der Waals surface area contributed by atoms with Crippen molar-refractivity contribution in [3.63, 3.8) is 0 Å². The Bertz CT molecular complexity index is 1010. The smallest absolute Gasteiger partial charge is 0.253 e. The Kier molecular flexibility index (Phi) is 6.28. The Morgan fingerprint density at radius 3 is 2.69 bits per heavy atom. The molecular weight excluding hydrogens is 404 g/mol. The number of thiophene rings is 1. The number of carbonyl (C=O) groups excluding carboxylic acids is 1. The summed E-state index contributed by atoms with van der Waals surface area (Å²) in [5.41, 5.74) is 4.56. The van der Waals surface area contributed by atoms with Crippen molar-refractivity contribution in [1.82, 2.24) is 9.88 Å². The molecule has 3 aromatic rings. The number of nitrogens with zero attached hydrogens (tertiary/aromatic N) is 2. The van der Waals surface area contributed by atoms with Gasteiger partial charge < -0.3 is 10.0 Å². The van der Waals surface area contributed by atoms with Crippen LogP contribution < -0.4 is 0 Å². The highest BCUT2D eigenvalue weighted by Crippen LogP contribution is 2.36. The summed E-state index contributed by atoms with van der Waals surface area (Å²) in [5.74, 6) is 0.0670. The van der Waals surface area contributed by atoms with Crippen molar-refractivity contribution >= 4 is 28.8 Å². The number of aliphatic hydroxyl groups is 1. The number of pyridine rings is 1. The van der Waals surface area contributed by atoms with Crippen LogP contribution in [0, 0.1) is 0 Å². The van der Waals surface area contributed by atoms with E-state index in [4.69, 9.17) is 16.7 Å². The van der Waals surface area contributed by atoms with Crippen LogP contribution in [0.25, 0.3) is 21.6 Å². The largest absolute Gasteiger partial charge is 0.396 e. The molecule has 4 nitrogen and oxygen atoms in total. The van der Waals surface area contributed by atoms with Crippen LogP contribution in [0.5, 0.6) is 0 Å². The van der Waals surface area contributed by atoms with Crippen LogP contribution in [-0.4, -0.2) is 40.6 Å². The van der Waals surface area contributed by atoms with Crippen LogP contribution in [0.1, 0.15) is 35.3 Å². The number of aliphatic hydroxyl groups excluding tert-OH is 1. The molecule has 0 bridgehead atoms. The lowest BCUT2D eigenvalue weighted by Crippen LogP contribution is -2.35. The van der Waals surface area contributed by atoms with Gasteiger partial charge in [-0.2, -0.15) is 0 Å². The van der Waals surface area contributed by atoms with Crippen LogP contribution in [0.15, 0.2) is 48.0 Å². The molecule has 1 aliphatic heterocycles. The molecule has 0 atom stereocenters. The number of rotatable bonds is 5. The van der Waals surface area contributed by atoms with Gasteiger partial charge >= 0.3 is 0 Å². The third-order valence-corrected chi connectivity index (χ3v) is 6.53. The molecule has 1 fully saturated rings.